The van der Waals surface area contributed by atoms with E-state index in [1.807, 2.05) is 6.07 Å². The average Bonchev–Trinajstić information content (AvgIpc) is 3.43. The first-order valence-corrected chi connectivity index (χ1v) is 8.78. The van der Waals surface area contributed by atoms with Crippen LogP contribution in [-0.4, -0.2) is 10.5 Å². The van der Waals surface area contributed by atoms with E-state index in [4.69, 9.17) is 11.6 Å². The number of pyridine rings is 1. The smallest absolute Gasteiger partial charge is 0.258 e. The molecule has 1 N–H and O–H groups in total. The van der Waals surface area contributed by atoms with Crippen molar-refractivity contribution in [2.24, 2.45) is 0 Å². The minimum atomic E-state index is -0.516. The summed E-state index contributed by atoms with van der Waals surface area (Å²) >= 11 is 5.73. The van der Waals surface area contributed by atoms with Gasteiger partial charge in [0.15, 0.2) is 0 Å². The van der Waals surface area contributed by atoms with E-state index < -0.39 is 5.82 Å². The van der Waals surface area contributed by atoms with Crippen LogP contribution in [-0.2, 0) is 11.2 Å². The van der Waals surface area contributed by atoms with Crippen molar-refractivity contribution >= 4 is 34.0 Å². The standard InChI is InChI=1S/C20H16ClFN2O2/c21-13-5-4-12(17(22)11-13)10-19(25)23-18-3-1-2-16-15(18)8-9-24(20(16)26)14-6-7-14/h1-5,8-9,11,14H,6-7,10H2,(H,23,25). The molecule has 6 heteroatoms. The Morgan fingerprint density at radius 1 is 1.19 bits per heavy atom. The lowest BCUT2D eigenvalue weighted by atomic mass is 10.1. The van der Waals surface area contributed by atoms with Gasteiger partial charge in [-0.25, -0.2) is 4.39 Å². The van der Waals surface area contributed by atoms with Gasteiger partial charge >= 0.3 is 0 Å². The summed E-state index contributed by atoms with van der Waals surface area (Å²) in [5.41, 5.74) is 0.759. The van der Waals surface area contributed by atoms with Crippen molar-refractivity contribution in [3.8, 4) is 0 Å². The second-order valence-corrected chi connectivity index (χ2v) is 6.92. The number of anilines is 1. The molecule has 2 aromatic carbocycles. The molecule has 0 radical (unpaired) electrons. The van der Waals surface area contributed by atoms with Crippen LogP contribution in [0, 0.1) is 5.82 Å². The molecule has 0 spiro atoms. The van der Waals surface area contributed by atoms with Crippen LogP contribution < -0.4 is 10.9 Å². The lowest BCUT2D eigenvalue weighted by Crippen LogP contribution is -2.19. The summed E-state index contributed by atoms with van der Waals surface area (Å²) in [6.45, 7) is 0. The zero-order chi connectivity index (χ0) is 18.3. The molecule has 0 bridgehead atoms. The van der Waals surface area contributed by atoms with Gasteiger partial charge in [-0.3, -0.25) is 9.59 Å². The monoisotopic (exact) mass is 370 g/mol. The summed E-state index contributed by atoms with van der Waals surface area (Å²) in [5.74, 6) is -0.872. The van der Waals surface area contributed by atoms with Crippen LogP contribution in [0.4, 0.5) is 10.1 Å². The average molecular weight is 371 g/mol. The lowest BCUT2D eigenvalue weighted by molar-refractivity contribution is -0.115. The molecule has 0 atom stereocenters. The Morgan fingerprint density at radius 2 is 2.00 bits per heavy atom. The van der Waals surface area contributed by atoms with Crippen molar-refractivity contribution in [1.82, 2.24) is 4.57 Å². The molecule has 1 saturated carbocycles. The van der Waals surface area contributed by atoms with Crippen LogP contribution in [0.15, 0.2) is 53.5 Å². The van der Waals surface area contributed by atoms with E-state index in [0.29, 0.717) is 16.5 Å². The second-order valence-electron chi connectivity index (χ2n) is 6.49. The highest BCUT2D eigenvalue weighted by Gasteiger charge is 2.25. The van der Waals surface area contributed by atoms with Gasteiger partial charge in [-0.05, 0) is 48.7 Å². The SMILES string of the molecule is O=C(Cc1ccc(Cl)cc1F)Nc1cccc2c(=O)n(C3CC3)ccc12. The molecule has 1 aliphatic carbocycles. The molecular formula is C20H16ClFN2O2. The van der Waals surface area contributed by atoms with Gasteiger partial charge < -0.3 is 9.88 Å². The number of hydrogen-bond donors (Lipinski definition) is 1. The molecule has 1 amide bonds. The molecule has 132 valence electrons. The van der Waals surface area contributed by atoms with Crippen LogP contribution in [0.5, 0.6) is 0 Å². The number of carbonyl (C=O) groups excluding carboxylic acids is 1. The normalized spacial score (nSPS) is 13.8. The highest BCUT2D eigenvalue weighted by atomic mass is 35.5. The first kappa shape index (κ1) is 16.8. The third-order valence-corrected chi connectivity index (χ3v) is 4.79. The van der Waals surface area contributed by atoms with Gasteiger partial charge in [-0.2, -0.15) is 0 Å². The number of aromatic nitrogens is 1. The fourth-order valence-corrected chi connectivity index (χ4v) is 3.23. The Bertz CT molecular complexity index is 1070. The first-order valence-electron chi connectivity index (χ1n) is 8.40. The van der Waals surface area contributed by atoms with Gasteiger partial charge in [0.1, 0.15) is 5.82 Å². The van der Waals surface area contributed by atoms with E-state index in [0.717, 1.165) is 12.8 Å². The molecule has 1 aromatic heterocycles. The summed E-state index contributed by atoms with van der Waals surface area (Å²) in [4.78, 5) is 24.9. The molecule has 3 aromatic rings. The predicted octanol–water partition coefficient (Wildman–Crippen LogP) is 4.31. The molecule has 1 aliphatic rings. The van der Waals surface area contributed by atoms with Crippen molar-refractivity contribution in [2.75, 3.05) is 5.32 Å². The summed E-state index contributed by atoms with van der Waals surface area (Å²) in [5, 5.41) is 4.31. The fraction of sp³-hybridized carbons (Fsp3) is 0.200. The van der Waals surface area contributed by atoms with Gasteiger partial charge in [0.2, 0.25) is 5.91 Å². The maximum absolute atomic E-state index is 13.9. The van der Waals surface area contributed by atoms with E-state index >= 15 is 0 Å². The third-order valence-electron chi connectivity index (χ3n) is 4.55. The van der Waals surface area contributed by atoms with E-state index in [-0.39, 0.29) is 34.5 Å². The van der Waals surface area contributed by atoms with Gasteiger partial charge in [0.25, 0.3) is 5.56 Å². The Labute approximate surface area is 154 Å². The van der Waals surface area contributed by atoms with Crippen molar-refractivity contribution < 1.29 is 9.18 Å². The highest BCUT2D eigenvalue weighted by molar-refractivity contribution is 6.30. The Kier molecular flexibility index (Phi) is 4.24. The molecule has 0 unspecified atom stereocenters. The van der Waals surface area contributed by atoms with Crippen LogP contribution in [0.3, 0.4) is 0 Å². The third kappa shape index (κ3) is 3.22. The zero-order valence-corrected chi connectivity index (χ0v) is 14.6. The second kappa shape index (κ2) is 6.57. The number of nitrogens with zero attached hydrogens (tertiary/aromatic N) is 1. The van der Waals surface area contributed by atoms with E-state index in [2.05, 4.69) is 5.32 Å². The molecule has 1 heterocycles. The molecule has 4 nitrogen and oxygen atoms in total. The zero-order valence-electron chi connectivity index (χ0n) is 13.8. The molecule has 1 fully saturated rings. The van der Waals surface area contributed by atoms with E-state index in [9.17, 15) is 14.0 Å². The first-order chi connectivity index (χ1) is 12.5. The van der Waals surface area contributed by atoms with Crippen LogP contribution >= 0.6 is 11.6 Å². The van der Waals surface area contributed by atoms with Crippen molar-refractivity contribution in [3.63, 3.8) is 0 Å². The van der Waals surface area contributed by atoms with Crippen molar-refractivity contribution in [2.45, 2.75) is 25.3 Å². The highest BCUT2D eigenvalue weighted by Crippen LogP contribution is 2.34. The minimum absolute atomic E-state index is 0.0511. The number of fused-ring (bicyclic) bond motifs is 1. The van der Waals surface area contributed by atoms with E-state index in [1.54, 1.807) is 35.0 Å². The lowest BCUT2D eigenvalue weighted by Gasteiger charge is -2.11. The summed E-state index contributed by atoms with van der Waals surface area (Å²) in [6.07, 6.45) is 3.71. The summed E-state index contributed by atoms with van der Waals surface area (Å²) in [7, 11) is 0. The number of rotatable bonds is 4. The quantitative estimate of drug-likeness (QED) is 0.744. The number of amides is 1. The minimum Gasteiger partial charge on any atom is -0.325 e. The topological polar surface area (TPSA) is 51.1 Å². The largest absolute Gasteiger partial charge is 0.325 e. The van der Waals surface area contributed by atoms with E-state index in [1.165, 1.54) is 12.1 Å². The van der Waals surface area contributed by atoms with Crippen molar-refractivity contribution in [3.05, 3.63) is 75.4 Å². The maximum atomic E-state index is 13.9. The number of benzene rings is 2. The Morgan fingerprint density at radius 3 is 2.73 bits per heavy atom. The summed E-state index contributed by atoms with van der Waals surface area (Å²) in [6, 6.07) is 11.6. The van der Waals surface area contributed by atoms with Gasteiger partial charge in [-0.15, -0.1) is 0 Å². The molecule has 0 saturated heterocycles. The fourth-order valence-electron chi connectivity index (χ4n) is 3.07. The van der Waals surface area contributed by atoms with Gasteiger partial charge in [0.05, 0.1) is 6.42 Å². The predicted molar refractivity (Wildman–Crippen MR) is 100 cm³/mol. The number of halogens is 2. The molecule has 0 aliphatic heterocycles. The summed E-state index contributed by atoms with van der Waals surface area (Å²) < 4.78 is 15.6. The number of carbonyl (C=O) groups is 1. The number of nitrogens with one attached hydrogen (secondary N) is 1. The van der Waals surface area contributed by atoms with Gasteiger partial charge in [-0.1, -0.05) is 23.7 Å². The van der Waals surface area contributed by atoms with Crippen LogP contribution in [0.2, 0.25) is 5.02 Å². The van der Waals surface area contributed by atoms with Crippen molar-refractivity contribution in [1.29, 1.82) is 0 Å². The van der Waals surface area contributed by atoms with Crippen LogP contribution in [0.25, 0.3) is 10.8 Å². The molecule has 26 heavy (non-hydrogen) atoms. The molecular weight excluding hydrogens is 355 g/mol. The number of hydrogen-bond acceptors (Lipinski definition) is 2. The maximum Gasteiger partial charge on any atom is 0.258 e. The van der Waals surface area contributed by atoms with Crippen LogP contribution in [0.1, 0.15) is 24.4 Å². The Hall–Kier alpha value is -2.66. The molecule has 4 rings (SSSR count). The Balaban J connectivity index is 1.61. The van der Waals surface area contributed by atoms with Gasteiger partial charge in [0, 0.05) is 33.7 Å².